The summed E-state index contributed by atoms with van der Waals surface area (Å²) in [6.07, 6.45) is 0.555. The molecular weight excluding hydrogens is 268 g/mol. The predicted molar refractivity (Wildman–Crippen MR) is 78.8 cm³/mol. The van der Waals surface area contributed by atoms with Crippen LogP contribution in [0.4, 0.5) is 5.69 Å². The summed E-state index contributed by atoms with van der Waals surface area (Å²) in [5.41, 5.74) is 1.22. The lowest BCUT2D eigenvalue weighted by Gasteiger charge is -2.41. The van der Waals surface area contributed by atoms with Gasteiger partial charge in [0.2, 0.25) is 5.91 Å². The number of carbonyl (C=O) groups excluding carboxylic acids is 2. The second-order valence-corrected chi connectivity index (χ2v) is 6.21. The van der Waals surface area contributed by atoms with Crippen molar-refractivity contribution in [1.82, 2.24) is 4.90 Å². The number of likely N-dealkylation sites (tertiary alicyclic amines) is 1. The lowest BCUT2D eigenvalue weighted by molar-refractivity contribution is -0.153. The summed E-state index contributed by atoms with van der Waals surface area (Å²) in [4.78, 5) is 25.9. The molecule has 1 unspecified atom stereocenters. The minimum absolute atomic E-state index is 0.128. The van der Waals surface area contributed by atoms with Crippen LogP contribution >= 0.6 is 0 Å². The molecule has 1 aromatic rings. The number of anilines is 1. The average molecular weight is 288 g/mol. The van der Waals surface area contributed by atoms with E-state index >= 15 is 0 Å². The molecule has 1 N–H and O–H groups in total. The second-order valence-electron chi connectivity index (χ2n) is 6.21. The zero-order valence-corrected chi connectivity index (χ0v) is 12.8. The highest BCUT2D eigenvalue weighted by molar-refractivity contribution is 5.87. The number of rotatable bonds is 1. The molecule has 1 saturated heterocycles. The molecule has 21 heavy (non-hydrogen) atoms. The summed E-state index contributed by atoms with van der Waals surface area (Å²) in [6, 6.07) is 7.47. The van der Waals surface area contributed by atoms with Gasteiger partial charge in [-0.1, -0.05) is 25.1 Å². The molecule has 5 heteroatoms. The zero-order chi connectivity index (χ0) is 15.4. The van der Waals surface area contributed by atoms with Crippen LogP contribution < -0.4 is 5.32 Å². The molecule has 1 amide bonds. The van der Waals surface area contributed by atoms with Gasteiger partial charge in [-0.2, -0.15) is 0 Å². The Kier molecular flexibility index (Phi) is 2.80. The highest BCUT2D eigenvalue weighted by atomic mass is 16.5. The van der Waals surface area contributed by atoms with Gasteiger partial charge in [0.1, 0.15) is 11.7 Å². The number of ether oxygens (including phenoxy) is 1. The minimum Gasteiger partial charge on any atom is -0.467 e. The number of fused-ring (bicyclic) bond motifs is 3. The van der Waals surface area contributed by atoms with Crippen LogP contribution in [0.5, 0.6) is 0 Å². The van der Waals surface area contributed by atoms with Crippen molar-refractivity contribution < 1.29 is 14.3 Å². The van der Waals surface area contributed by atoms with Gasteiger partial charge in [-0.15, -0.1) is 0 Å². The molecule has 3 atom stereocenters. The van der Waals surface area contributed by atoms with E-state index in [1.165, 1.54) is 14.0 Å². The van der Waals surface area contributed by atoms with Gasteiger partial charge in [0.25, 0.3) is 0 Å². The Morgan fingerprint density at radius 2 is 2.00 bits per heavy atom. The van der Waals surface area contributed by atoms with Gasteiger partial charge in [0, 0.05) is 18.0 Å². The standard InChI is InChI=1S/C16H20N2O3/c1-10(19)18-13(14(20)21-4)9-15(2)11-7-5-6-8-12(11)17-16(15,18)3/h5-8,13,17H,9H2,1-4H3/t13?,15-,16-/m0/s1. The quantitative estimate of drug-likeness (QED) is 0.802. The first-order valence-corrected chi connectivity index (χ1v) is 7.10. The fourth-order valence-corrected chi connectivity index (χ4v) is 4.02. The van der Waals surface area contributed by atoms with E-state index < -0.39 is 11.7 Å². The van der Waals surface area contributed by atoms with E-state index in [2.05, 4.69) is 18.3 Å². The third kappa shape index (κ3) is 1.57. The van der Waals surface area contributed by atoms with Gasteiger partial charge in [-0.05, 0) is 25.0 Å². The highest BCUT2D eigenvalue weighted by Crippen LogP contribution is 2.56. The molecule has 0 saturated carbocycles. The maximum Gasteiger partial charge on any atom is 0.328 e. The maximum absolute atomic E-state index is 12.2. The molecule has 2 heterocycles. The van der Waals surface area contributed by atoms with Crippen molar-refractivity contribution in [2.24, 2.45) is 0 Å². The third-order valence-electron chi connectivity index (χ3n) is 5.18. The van der Waals surface area contributed by atoms with Crippen molar-refractivity contribution >= 4 is 17.6 Å². The van der Waals surface area contributed by atoms with Crippen molar-refractivity contribution in [3.8, 4) is 0 Å². The topological polar surface area (TPSA) is 58.6 Å². The molecule has 0 aliphatic carbocycles. The fraction of sp³-hybridized carbons (Fsp3) is 0.500. The summed E-state index contributed by atoms with van der Waals surface area (Å²) >= 11 is 0. The summed E-state index contributed by atoms with van der Waals surface area (Å²) in [7, 11) is 1.36. The minimum atomic E-state index is -0.624. The van der Waals surface area contributed by atoms with Gasteiger partial charge >= 0.3 is 5.97 Å². The Morgan fingerprint density at radius 1 is 1.33 bits per heavy atom. The van der Waals surface area contributed by atoms with E-state index in [-0.39, 0.29) is 17.3 Å². The molecule has 2 aliphatic rings. The molecule has 2 aliphatic heterocycles. The normalized spacial score (nSPS) is 33.1. The van der Waals surface area contributed by atoms with Crippen LogP contribution in [0.15, 0.2) is 24.3 Å². The average Bonchev–Trinajstić information content (AvgIpc) is 2.80. The van der Waals surface area contributed by atoms with Crippen LogP contribution in [0.2, 0.25) is 0 Å². The van der Waals surface area contributed by atoms with Crippen LogP contribution in [0.1, 0.15) is 32.8 Å². The molecule has 0 aromatic heterocycles. The van der Waals surface area contributed by atoms with Crippen molar-refractivity contribution in [1.29, 1.82) is 0 Å². The monoisotopic (exact) mass is 288 g/mol. The Hall–Kier alpha value is -2.04. The number of esters is 1. The summed E-state index contributed by atoms with van der Waals surface area (Å²) in [6.45, 7) is 5.58. The van der Waals surface area contributed by atoms with Gasteiger partial charge in [0.15, 0.2) is 0 Å². The van der Waals surface area contributed by atoms with Crippen molar-refractivity contribution in [2.45, 2.75) is 44.3 Å². The highest BCUT2D eigenvalue weighted by Gasteiger charge is 2.65. The summed E-state index contributed by atoms with van der Waals surface area (Å²) < 4.78 is 4.90. The van der Waals surface area contributed by atoms with Crippen LogP contribution in [0.25, 0.3) is 0 Å². The van der Waals surface area contributed by atoms with E-state index in [4.69, 9.17) is 4.74 Å². The Bertz CT molecular complexity index is 630. The maximum atomic E-state index is 12.2. The molecular formula is C16H20N2O3. The van der Waals surface area contributed by atoms with Crippen LogP contribution in [0.3, 0.4) is 0 Å². The number of methoxy groups -OCH3 is 1. The number of hydrogen-bond acceptors (Lipinski definition) is 4. The SMILES string of the molecule is COC(=O)C1C[C@@]2(C)c3ccccc3N[C@@]2(C)N1C(C)=O. The number of nitrogens with zero attached hydrogens (tertiary/aromatic N) is 1. The largest absolute Gasteiger partial charge is 0.467 e. The molecule has 3 rings (SSSR count). The second kappa shape index (κ2) is 4.23. The number of amides is 1. The first kappa shape index (κ1) is 13.9. The Balaban J connectivity index is 2.15. The smallest absolute Gasteiger partial charge is 0.328 e. The predicted octanol–water partition coefficient (Wildman–Crippen LogP) is 1.88. The Labute approximate surface area is 124 Å². The third-order valence-corrected chi connectivity index (χ3v) is 5.18. The first-order chi connectivity index (χ1) is 9.85. The number of para-hydroxylation sites is 1. The number of benzene rings is 1. The lowest BCUT2D eigenvalue weighted by atomic mass is 9.74. The Morgan fingerprint density at radius 3 is 2.62 bits per heavy atom. The molecule has 0 radical (unpaired) electrons. The van der Waals surface area contributed by atoms with Crippen LogP contribution in [-0.4, -0.2) is 35.6 Å². The van der Waals surface area contributed by atoms with E-state index in [0.29, 0.717) is 6.42 Å². The van der Waals surface area contributed by atoms with Crippen molar-refractivity contribution in [3.63, 3.8) is 0 Å². The molecule has 1 aromatic carbocycles. The van der Waals surface area contributed by atoms with Gasteiger partial charge in [0.05, 0.1) is 7.11 Å². The van der Waals surface area contributed by atoms with Crippen molar-refractivity contribution in [2.75, 3.05) is 12.4 Å². The van der Waals surface area contributed by atoms with E-state index in [1.54, 1.807) is 4.90 Å². The summed E-state index contributed by atoms with van der Waals surface area (Å²) in [5.74, 6) is -0.488. The molecule has 0 bridgehead atoms. The van der Waals surface area contributed by atoms with Gasteiger partial charge in [-0.3, -0.25) is 4.79 Å². The van der Waals surface area contributed by atoms with E-state index in [9.17, 15) is 9.59 Å². The number of nitrogens with one attached hydrogen (secondary N) is 1. The fourth-order valence-electron chi connectivity index (χ4n) is 4.02. The van der Waals surface area contributed by atoms with Crippen molar-refractivity contribution in [3.05, 3.63) is 29.8 Å². The summed E-state index contributed by atoms with van der Waals surface area (Å²) in [5, 5.41) is 3.45. The van der Waals surface area contributed by atoms with Gasteiger partial charge < -0.3 is 15.0 Å². The number of hydrogen-bond donors (Lipinski definition) is 1. The van der Waals surface area contributed by atoms with Crippen LogP contribution in [0, 0.1) is 0 Å². The van der Waals surface area contributed by atoms with E-state index in [1.807, 2.05) is 25.1 Å². The molecule has 0 spiro atoms. The molecule has 1 fully saturated rings. The molecule has 5 nitrogen and oxygen atoms in total. The number of carbonyl (C=O) groups is 2. The lowest BCUT2D eigenvalue weighted by Crippen LogP contribution is -2.58. The van der Waals surface area contributed by atoms with Crippen LogP contribution in [-0.2, 0) is 19.7 Å². The van der Waals surface area contributed by atoms with Gasteiger partial charge in [-0.25, -0.2) is 4.79 Å². The zero-order valence-electron chi connectivity index (χ0n) is 12.8. The first-order valence-electron chi connectivity index (χ1n) is 7.10. The van der Waals surface area contributed by atoms with E-state index in [0.717, 1.165) is 11.3 Å². The molecule has 112 valence electrons.